The van der Waals surface area contributed by atoms with E-state index in [-0.39, 0.29) is 5.56 Å². The Morgan fingerprint density at radius 1 is 0.778 bits per heavy atom. The highest BCUT2D eigenvalue weighted by Crippen LogP contribution is 2.14. The molecule has 0 heterocycles. The van der Waals surface area contributed by atoms with Crippen molar-refractivity contribution in [1.82, 2.24) is 10.9 Å². The van der Waals surface area contributed by atoms with E-state index in [0.717, 1.165) is 11.3 Å². The van der Waals surface area contributed by atoms with Crippen LogP contribution >= 0.6 is 11.6 Å². The molecule has 136 valence electrons. The van der Waals surface area contributed by atoms with Crippen LogP contribution in [-0.2, 0) is 6.61 Å². The molecule has 0 atom stereocenters. The van der Waals surface area contributed by atoms with Crippen LogP contribution in [0.25, 0.3) is 0 Å². The molecule has 5 nitrogen and oxygen atoms in total. The maximum absolute atomic E-state index is 12.2. The molecule has 0 spiro atoms. The lowest BCUT2D eigenvalue weighted by atomic mass is 10.1. The minimum absolute atomic E-state index is 0.285. The molecule has 0 radical (unpaired) electrons. The minimum Gasteiger partial charge on any atom is -0.489 e. The molecule has 0 fully saturated rings. The third-order valence-electron chi connectivity index (χ3n) is 3.77. The number of para-hydroxylation sites is 1. The molecule has 0 saturated carbocycles. The summed E-state index contributed by atoms with van der Waals surface area (Å²) in [4.78, 5) is 24.2. The van der Waals surface area contributed by atoms with Crippen molar-refractivity contribution in [2.24, 2.45) is 0 Å². The highest BCUT2D eigenvalue weighted by atomic mass is 35.5. The molecule has 0 aliphatic rings. The van der Waals surface area contributed by atoms with Crippen molar-refractivity contribution in [3.63, 3.8) is 0 Å². The zero-order valence-corrected chi connectivity index (χ0v) is 15.1. The molecule has 0 bridgehead atoms. The Bertz CT molecular complexity index is 928. The van der Waals surface area contributed by atoms with E-state index in [9.17, 15) is 9.59 Å². The third kappa shape index (κ3) is 5.09. The van der Waals surface area contributed by atoms with Crippen LogP contribution in [0.5, 0.6) is 5.75 Å². The number of halogens is 1. The standard InChI is InChI=1S/C21H17ClN2O3/c22-19-9-5-4-8-18(19)21(26)24-23-20(25)16-12-10-15(11-13-16)14-27-17-6-2-1-3-7-17/h1-13H,14H2,(H,23,25)(H,24,26). The number of hydrazine groups is 1. The first-order valence-electron chi connectivity index (χ1n) is 8.25. The Balaban J connectivity index is 1.53. The summed E-state index contributed by atoms with van der Waals surface area (Å²) in [5, 5.41) is 0.312. The number of carbonyl (C=O) groups is 2. The lowest BCUT2D eigenvalue weighted by Crippen LogP contribution is -2.41. The van der Waals surface area contributed by atoms with E-state index in [4.69, 9.17) is 16.3 Å². The average Bonchev–Trinajstić information content (AvgIpc) is 2.72. The molecule has 3 aromatic carbocycles. The van der Waals surface area contributed by atoms with Crippen LogP contribution in [0.2, 0.25) is 5.02 Å². The zero-order chi connectivity index (χ0) is 19.1. The van der Waals surface area contributed by atoms with E-state index >= 15 is 0 Å². The summed E-state index contributed by atoms with van der Waals surface area (Å²) < 4.78 is 5.66. The molecule has 2 amide bonds. The van der Waals surface area contributed by atoms with Gasteiger partial charge in [0.15, 0.2) is 0 Å². The van der Waals surface area contributed by atoms with Crippen molar-refractivity contribution in [1.29, 1.82) is 0 Å². The first-order chi connectivity index (χ1) is 13.1. The predicted molar refractivity (Wildman–Crippen MR) is 104 cm³/mol. The summed E-state index contributed by atoms with van der Waals surface area (Å²) in [7, 11) is 0. The topological polar surface area (TPSA) is 67.4 Å². The number of rotatable bonds is 5. The summed E-state index contributed by atoms with van der Waals surface area (Å²) in [5.74, 6) is -0.130. The van der Waals surface area contributed by atoms with Gasteiger partial charge in [-0.25, -0.2) is 0 Å². The normalized spacial score (nSPS) is 10.1. The maximum Gasteiger partial charge on any atom is 0.271 e. The number of hydrogen-bond donors (Lipinski definition) is 2. The summed E-state index contributed by atoms with van der Waals surface area (Å²) in [6, 6.07) is 23.0. The molecule has 6 heteroatoms. The van der Waals surface area contributed by atoms with Crippen molar-refractivity contribution in [2.45, 2.75) is 6.61 Å². The molecule has 2 N–H and O–H groups in total. The number of nitrogens with one attached hydrogen (secondary N) is 2. The SMILES string of the molecule is O=C(NNC(=O)c1ccccc1Cl)c1ccc(COc2ccccc2)cc1. The van der Waals surface area contributed by atoms with Crippen LogP contribution in [-0.4, -0.2) is 11.8 Å². The second kappa shape index (κ2) is 8.87. The number of hydrogen-bond acceptors (Lipinski definition) is 3. The van der Waals surface area contributed by atoms with Crippen LogP contribution < -0.4 is 15.6 Å². The Morgan fingerprint density at radius 3 is 2.11 bits per heavy atom. The van der Waals surface area contributed by atoms with Gasteiger partial charge in [-0.15, -0.1) is 0 Å². The van der Waals surface area contributed by atoms with Gasteiger partial charge >= 0.3 is 0 Å². The summed E-state index contributed by atoms with van der Waals surface area (Å²) in [5.41, 5.74) is 6.35. The zero-order valence-electron chi connectivity index (χ0n) is 14.3. The molecular weight excluding hydrogens is 364 g/mol. The van der Waals surface area contributed by atoms with Gasteiger partial charge in [0.05, 0.1) is 10.6 Å². The molecular formula is C21H17ClN2O3. The number of benzene rings is 3. The largest absolute Gasteiger partial charge is 0.489 e. The number of amides is 2. The van der Waals surface area contributed by atoms with Crippen LogP contribution in [0.3, 0.4) is 0 Å². The van der Waals surface area contributed by atoms with E-state index in [0.29, 0.717) is 17.2 Å². The Hall–Kier alpha value is -3.31. The van der Waals surface area contributed by atoms with Gasteiger partial charge in [-0.05, 0) is 42.0 Å². The van der Waals surface area contributed by atoms with Crippen molar-refractivity contribution in [3.05, 3.63) is 101 Å². The van der Waals surface area contributed by atoms with Crippen LogP contribution in [0.4, 0.5) is 0 Å². The summed E-state index contributed by atoms with van der Waals surface area (Å²) >= 11 is 5.96. The van der Waals surface area contributed by atoms with Crippen molar-refractivity contribution in [3.8, 4) is 5.75 Å². The highest BCUT2D eigenvalue weighted by Gasteiger charge is 2.11. The van der Waals surface area contributed by atoms with Gasteiger partial charge in [0.25, 0.3) is 11.8 Å². The molecule has 0 aliphatic heterocycles. The van der Waals surface area contributed by atoms with Crippen LogP contribution in [0, 0.1) is 0 Å². The lowest BCUT2D eigenvalue weighted by molar-refractivity contribution is 0.0846. The monoisotopic (exact) mass is 380 g/mol. The maximum atomic E-state index is 12.2. The second-order valence-electron chi connectivity index (χ2n) is 5.69. The molecule has 0 aliphatic carbocycles. The van der Waals surface area contributed by atoms with Gasteiger partial charge in [0.2, 0.25) is 0 Å². The van der Waals surface area contributed by atoms with Gasteiger partial charge in [0.1, 0.15) is 12.4 Å². The first-order valence-corrected chi connectivity index (χ1v) is 8.63. The van der Waals surface area contributed by atoms with Gasteiger partial charge in [-0.2, -0.15) is 0 Å². The van der Waals surface area contributed by atoms with E-state index in [1.54, 1.807) is 48.5 Å². The van der Waals surface area contributed by atoms with Crippen molar-refractivity contribution in [2.75, 3.05) is 0 Å². The minimum atomic E-state index is -0.484. The fourth-order valence-corrected chi connectivity index (χ4v) is 2.56. The Morgan fingerprint density at radius 2 is 1.41 bits per heavy atom. The molecule has 3 aromatic rings. The van der Waals surface area contributed by atoms with Crippen molar-refractivity contribution >= 4 is 23.4 Å². The van der Waals surface area contributed by atoms with Crippen LogP contribution in [0.1, 0.15) is 26.3 Å². The number of ether oxygens (including phenoxy) is 1. The highest BCUT2D eigenvalue weighted by molar-refractivity contribution is 6.33. The summed E-state index contributed by atoms with van der Waals surface area (Å²) in [6.45, 7) is 0.398. The van der Waals surface area contributed by atoms with Gasteiger partial charge < -0.3 is 4.74 Å². The predicted octanol–water partition coefficient (Wildman–Crippen LogP) is 3.99. The van der Waals surface area contributed by atoms with E-state index in [2.05, 4.69) is 10.9 Å². The Labute approximate surface area is 161 Å². The van der Waals surface area contributed by atoms with E-state index in [1.807, 2.05) is 30.3 Å². The Kier molecular flexibility index (Phi) is 6.07. The quantitative estimate of drug-likeness (QED) is 0.657. The molecule has 27 heavy (non-hydrogen) atoms. The van der Waals surface area contributed by atoms with Crippen LogP contribution in [0.15, 0.2) is 78.9 Å². The smallest absolute Gasteiger partial charge is 0.271 e. The molecule has 3 rings (SSSR count). The first kappa shape index (κ1) is 18.5. The summed E-state index contributed by atoms with van der Waals surface area (Å²) in [6.07, 6.45) is 0. The van der Waals surface area contributed by atoms with Gasteiger partial charge in [-0.1, -0.05) is 54.1 Å². The third-order valence-corrected chi connectivity index (χ3v) is 4.10. The lowest BCUT2D eigenvalue weighted by Gasteiger charge is -2.09. The molecule has 0 unspecified atom stereocenters. The number of carbonyl (C=O) groups excluding carboxylic acids is 2. The van der Waals surface area contributed by atoms with Gasteiger partial charge in [0, 0.05) is 5.56 Å². The second-order valence-corrected chi connectivity index (χ2v) is 6.09. The van der Waals surface area contributed by atoms with Gasteiger partial charge in [-0.3, -0.25) is 20.4 Å². The van der Waals surface area contributed by atoms with E-state index in [1.165, 1.54) is 0 Å². The average molecular weight is 381 g/mol. The fourth-order valence-electron chi connectivity index (χ4n) is 2.33. The van der Waals surface area contributed by atoms with Crippen molar-refractivity contribution < 1.29 is 14.3 Å². The fraction of sp³-hybridized carbons (Fsp3) is 0.0476. The van der Waals surface area contributed by atoms with E-state index < -0.39 is 11.8 Å². The molecule has 0 aromatic heterocycles. The molecule has 0 saturated heterocycles.